The Morgan fingerprint density at radius 2 is 1.69 bits per heavy atom. The molecular weight excluding hydrogens is 268 g/mol. The number of fused-ring (bicyclic) bond motifs is 3. The van der Waals surface area contributed by atoms with Gasteiger partial charge in [-0.1, -0.05) is 34.1 Å². The molecule has 0 amide bonds. The highest BCUT2D eigenvalue weighted by Crippen LogP contribution is 2.25. The molecule has 1 aromatic heterocycles. The predicted octanol–water partition coefficient (Wildman–Crippen LogP) is 3.71. The van der Waals surface area contributed by atoms with E-state index < -0.39 is 0 Å². The van der Waals surface area contributed by atoms with E-state index in [9.17, 15) is 4.79 Å². The molecule has 0 radical (unpaired) electrons. The van der Waals surface area contributed by atoms with Gasteiger partial charge in [0.15, 0.2) is 0 Å². The Balaban J connectivity index is 2.66. The number of hydrogen-bond donors (Lipinski definition) is 0. The first kappa shape index (κ1) is 9.60. The third kappa shape index (κ3) is 1.36. The second-order valence-electron chi connectivity index (χ2n) is 3.58. The molecule has 3 rings (SSSR count). The van der Waals surface area contributed by atoms with Crippen LogP contribution in [0.2, 0.25) is 0 Å². The smallest absolute Gasteiger partial charge is 0.344 e. The van der Waals surface area contributed by atoms with E-state index >= 15 is 0 Å². The summed E-state index contributed by atoms with van der Waals surface area (Å²) in [7, 11) is 0. The van der Waals surface area contributed by atoms with Gasteiger partial charge in [0.05, 0.1) is 5.39 Å². The van der Waals surface area contributed by atoms with E-state index in [0.29, 0.717) is 11.0 Å². The van der Waals surface area contributed by atoms with E-state index in [2.05, 4.69) is 15.9 Å². The van der Waals surface area contributed by atoms with Crippen molar-refractivity contribution in [3.63, 3.8) is 0 Å². The van der Waals surface area contributed by atoms with Gasteiger partial charge in [-0.3, -0.25) is 0 Å². The topological polar surface area (TPSA) is 30.2 Å². The lowest BCUT2D eigenvalue weighted by atomic mass is 10.1. The van der Waals surface area contributed by atoms with Gasteiger partial charge >= 0.3 is 5.63 Å². The Labute approximate surface area is 99.6 Å². The maximum absolute atomic E-state index is 11.7. The molecule has 0 bridgehead atoms. The molecule has 3 heteroatoms. The Morgan fingerprint density at radius 1 is 0.938 bits per heavy atom. The van der Waals surface area contributed by atoms with Gasteiger partial charge in [-0.25, -0.2) is 4.79 Å². The molecule has 0 unspecified atom stereocenters. The van der Waals surface area contributed by atoms with Crippen LogP contribution >= 0.6 is 15.9 Å². The van der Waals surface area contributed by atoms with Gasteiger partial charge in [0, 0.05) is 9.86 Å². The summed E-state index contributed by atoms with van der Waals surface area (Å²) in [6, 6.07) is 13.1. The van der Waals surface area contributed by atoms with Crippen LogP contribution in [0.15, 0.2) is 56.1 Å². The monoisotopic (exact) mass is 274 g/mol. The van der Waals surface area contributed by atoms with E-state index in [1.807, 2.05) is 30.3 Å². The molecule has 78 valence electrons. The normalized spacial score (nSPS) is 11.1. The molecule has 2 aromatic carbocycles. The largest absolute Gasteiger partial charge is 0.422 e. The fourth-order valence-corrected chi connectivity index (χ4v) is 2.21. The molecule has 2 nitrogen and oxygen atoms in total. The van der Waals surface area contributed by atoms with E-state index in [1.165, 1.54) is 0 Å². The minimum absolute atomic E-state index is 0.287. The van der Waals surface area contributed by atoms with Crippen LogP contribution in [0.4, 0.5) is 0 Å². The van der Waals surface area contributed by atoms with Crippen molar-refractivity contribution in [3.05, 3.63) is 57.4 Å². The molecule has 0 atom stereocenters. The first-order chi connectivity index (χ1) is 7.75. The quantitative estimate of drug-likeness (QED) is 0.462. The van der Waals surface area contributed by atoms with Crippen LogP contribution in [0.1, 0.15) is 0 Å². The molecular formula is C13H7BrO2. The van der Waals surface area contributed by atoms with E-state index in [0.717, 1.165) is 15.2 Å². The van der Waals surface area contributed by atoms with Gasteiger partial charge in [-0.2, -0.15) is 0 Å². The number of halogens is 1. The minimum Gasteiger partial charge on any atom is -0.422 e. The number of rotatable bonds is 0. The molecule has 16 heavy (non-hydrogen) atoms. The third-order valence-electron chi connectivity index (χ3n) is 2.58. The minimum atomic E-state index is -0.287. The lowest BCUT2D eigenvalue weighted by Gasteiger charge is -2.02. The van der Waals surface area contributed by atoms with Crippen molar-refractivity contribution in [3.8, 4) is 0 Å². The molecule has 0 spiro atoms. The Morgan fingerprint density at radius 3 is 2.50 bits per heavy atom. The van der Waals surface area contributed by atoms with Crippen molar-refractivity contribution >= 4 is 37.7 Å². The predicted molar refractivity (Wildman–Crippen MR) is 67.7 cm³/mol. The van der Waals surface area contributed by atoms with E-state index in [4.69, 9.17) is 4.42 Å². The van der Waals surface area contributed by atoms with Crippen LogP contribution in [0.3, 0.4) is 0 Å². The fourth-order valence-electron chi connectivity index (χ4n) is 1.85. The molecule has 0 N–H and O–H groups in total. The standard InChI is InChI=1S/C13H7BrO2/c14-8-5-6-12-11(7-8)9-3-1-2-4-10(9)13(15)16-12/h1-7H. The second-order valence-corrected chi connectivity index (χ2v) is 4.49. The van der Waals surface area contributed by atoms with Crippen LogP contribution in [-0.2, 0) is 0 Å². The van der Waals surface area contributed by atoms with Crippen molar-refractivity contribution in [2.45, 2.75) is 0 Å². The first-order valence-corrected chi connectivity index (χ1v) is 5.66. The lowest BCUT2D eigenvalue weighted by molar-refractivity contribution is 0.569. The van der Waals surface area contributed by atoms with Gasteiger partial charge in [0.25, 0.3) is 0 Å². The van der Waals surface area contributed by atoms with Crippen LogP contribution < -0.4 is 5.63 Å². The molecule has 0 aliphatic carbocycles. The summed E-state index contributed by atoms with van der Waals surface area (Å²) in [4.78, 5) is 11.7. The molecule has 0 saturated heterocycles. The highest BCUT2D eigenvalue weighted by molar-refractivity contribution is 9.10. The summed E-state index contributed by atoms with van der Waals surface area (Å²) in [6.07, 6.45) is 0. The Bertz CT molecular complexity index is 744. The Kier molecular flexibility index (Phi) is 2.07. The van der Waals surface area contributed by atoms with Crippen molar-refractivity contribution in [2.75, 3.05) is 0 Å². The molecule has 0 fully saturated rings. The van der Waals surface area contributed by atoms with Crippen molar-refractivity contribution in [1.82, 2.24) is 0 Å². The summed E-state index contributed by atoms with van der Waals surface area (Å²) in [5.74, 6) is 0. The first-order valence-electron chi connectivity index (χ1n) is 4.87. The lowest BCUT2D eigenvalue weighted by Crippen LogP contribution is -1.99. The summed E-state index contributed by atoms with van der Waals surface area (Å²) in [5, 5.41) is 2.49. The van der Waals surface area contributed by atoms with Crippen LogP contribution in [0.25, 0.3) is 21.7 Å². The molecule has 0 aliphatic rings. The fraction of sp³-hybridized carbons (Fsp3) is 0. The average Bonchev–Trinajstić information content (AvgIpc) is 2.31. The SMILES string of the molecule is O=c1oc2ccc(Br)cc2c2ccccc12. The van der Waals surface area contributed by atoms with Gasteiger partial charge in [0.1, 0.15) is 5.58 Å². The molecule has 0 aliphatic heterocycles. The summed E-state index contributed by atoms with van der Waals surface area (Å²) >= 11 is 3.42. The summed E-state index contributed by atoms with van der Waals surface area (Å²) in [5.41, 5.74) is 0.331. The van der Waals surface area contributed by atoms with Gasteiger partial charge in [0.2, 0.25) is 0 Å². The molecule has 3 aromatic rings. The third-order valence-corrected chi connectivity index (χ3v) is 3.07. The van der Waals surface area contributed by atoms with Crippen LogP contribution in [-0.4, -0.2) is 0 Å². The van der Waals surface area contributed by atoms with Crippen molar-refractivity contribution in [1.29, 1.82) is 0 Å². The number of hydrogen-bond acceptors (Lipinski definition) is 2. The van der Waals surface area contributed by atoms with Crippen molar-refractivity contribution in [2.24, 2.45) is 0 Å². The highest BCUT2D eigenvalue weighted by Gasteiger charge is 2.06. The molecule has 0 saturated carbocycles. The zero-order chi connectivity index (χ0) is 11.1. The zero-order valence-electron chi connectivity index (χ0n) is 8.24. The highest BCUT2D eigenvalue weighted by atomic mass is 79.9. The summed E-state index contributed by atoms with van der Waals surface area (Å²) in [6.45, 7) is 0. The maximum Gasteiger partial charge on any atom is 0.344 e. The maximum atomic E-state index is 11.7. The van der Waals surface area contributed by atoms with Gasteiger partial charge in [-0.15, -0.1) is 0 Å². The second kappa shape index (κ2) is 3.46. The van der Waals surface area contributed by atoms with Crippen LogP contribution in [0.5, 0.6) is 0 Å². The zero-order valence-corrected chi connectivity index (χ0v) is 9.82. The van der Waals surface area contributed by atoms with Crippen LogP contribution in [0, 0.1) is 0 Å². The average molecular weight is 275 g/mol. The Hall–Kier alpha value is -1.61. The molecule has 1 heterocycles. The van der Waals surface area contributed by atoms with E-state index in [1.54, 1.807) is 12.1 Å². The van der Waals surface area contributed by atoms with Gasteiger partial charge < -0.3 is 4.42 Å². The summed E-state index contributed by atoms with van der Waals surface area (Å²) < 4.78 is 6.22. The van der Waals surface area contributed by atoms with E-state index in [-0.39, 0.29) is 5.63 Å². The van der Waals surface area contributed by atoms with Crippen molar-refractivity contribution < 1.29 is 4.42 Å². The number of benzene rings is 2. The van der Waals surface area contributed by atoms with Gasteiger partial charge in [-0.05, 0) is 29.7 Å².